The normalized spacial score (nSPS) is 18.1. The fraction of sp³-hybridized carbons (Fsp3) is 0.160. The Bertz CT molecular complexity index is 1150. The van der Waals surface area contributed by atoms with Gasteiger partial charge in [0.1, 0.15) is 11.8 Å². The summed E-state index contributed by atoms with van der Waals surface area (Å²) in [6.07, 6.45) is 1.61. The Labute approximate surface area is 189 Å². The van der Waals surface area contributed by atoms with E-state index in [9.17, 15) is 14.7 Å². The Balaban J connectivity index is 1.89. The summed E-state index contributed by atoms with van der Waals surface area (Å²) in [7, 11) is 0. The van der Waals surface area contributed by atoms with Crippen LogP contribution >= 0.6 is 15.9 Å². The third-order valence-electron chi connectivity index (χ3n) is 5.37. The molecule has 1 aromatic heterocycles. The second-order valence-corrected chi connectivity index (χ2v) is 8.59. The van der Waals surface area contributed by atoms with Gasteiger partial charge in [-0.05, 0) is 47.9 Å². The van der Waals surface area contributed by atoms with Gasteiger partial charge in [0.25, 0.3) is 11.7 Å². The minimum atomic E-state index is -0.824. The molecule has 0 spiro atoms. The largest absolute Gasteiger partial charge is 0.507 e. The van der Waals surface area contributed by atoms with Crippen molar-refractivity contribution >= 4 is 39.1 Å². The van der Waals surface area contributed by atoms with E-state index >= 15 is 0 Å². The fourth-order valence-electron chi connectivity index (χ4n) is 3.70. The number of hydrogen-bond donors (Lipinski definition) is 1. The molecule has 1 aliphatic rings. The molecule has 6 heteroatoms. The molecule has 0 aliphatic carbocycles. The van der Waals surface area contributed by atoms with Crippen LogP contribution in [0.2, 0.25) is 0 Å². The van der Waals surface area contributed by atoms with Crippen molar-refractivity contribution in [1.29, 1.82) is 0 Å². The molecule has 2 aromatic carbocycles. The molecule has 0 saturated carbocycles. The highest BCUT2D eigenvalue weighted by Crippen LogP contribution is 2.41. The van der Waals surface area contributed by atoms with Crippen molar-refractivity contribution in [1.82, 2.24) is 4.98 Å². The lowest BCUT2D eigenvalue weighted by molar-refractivity contribution is -0.132. The van der Waals surface area contributed by atoms with Crippen LogP contribution in [0.25, 0.3) is 5.76 Å². The summed E-state index contributed by atoms with van der Waals surface area (Å²) in [5.41, 5.74) is 2.70. The van der Waals surface area contributed by atoms with Crippen molar-refractivity contribution in [3.05, 3.63) is 99.8 Å². The number of halogens is 1. The number of pyridine rings is 1. The molecular formula is C25H21BrN2O3. The van der Waals surface area contributed by atoms with E-state index in [0.29, 0.717) is 22.9 Å². The molecule has 1 atom stereocenters. The summed E-state index contributed by atoms with van der Waals surface area (Å²) in [6.45, 7) is 4.18. The predicted molar refractivity (Wildman–Crippen MR) is 124 cm³/mol. The van der Waals surface area contributed by atoms with Gasteiger partial charge in [0.15, 0.2) is 0 Å². The number of aromatic nitrogens is 1. The molecule has 0 radical (unpaired) electrons. The molecule has 156 valence electrons. The molecule has 0 bridgehead atoms. The number of carbonyl (C=O) groups is 2. The average molecular weight is 477 g/mol. The second kappa shape index (κ2) is 8.47. The SMILES string of the molecule is CC(C)c1ccc(N2C(=O)C(=O)/C(=C(\O)c3ccc(Br)cc3)C2c2ccccn2)cc1. The van der Waals surface area contributed by atoms with Gasteiger partial charge in [0.05, 0.1) is 11.3 Å². The van der Waals surface area contributed by atoms with Crippen LogP contribution < -0.4 is 4.90 Å². The number of aliphatic hydroxyl groups is 1. The van der Waals surface area contributed by atoms with Crippen LogP contribution in [-0.4, -0.2) is 21.8 Å². The average Bonchev–Trinajstić information content (AvgIpc) is 3.05. The van der Waals surface area contributed by atoms with Gasteiger partial charge < -0.3 is 5.11 Å². The first-order chi connectivity index (χ1) is 14.9. The van der Waals surface area contributed by atoms with Gasteiger partial charge in [-0.25, -0.2) is 0 Å². The van der Waals surface area contributed by atoms with Crippen LogP contribution in [-0.2, 0) is 9.59 Å². The zero-order valence-corrected chi connectivity index (χ0v) is 18.7. The number of ketones is 1. The summed E-state index contributed by atoms with van der Waals surface area (Å²) < 4.78 is 0.844. The van der Waals surface area contributed by atoms with E-state index in [-0.39, 0.29) is 11.3 Å². The molecule has 1 amide bonds. The molecular weight excluding hydrogens is 456 g/mol. The first-order valence-corrected chi connectivity index (χ1v) is 10.8. The minimum absolute atomic E-state index is 0.0268. The third kappa shape index (κ3) is 3.91. The first-order valence-electron chi connectivity index (χ1n) is 9.96. The minimum Gasteiger partial charge on any atom is -0.507 e. The van der Waals surface area contributed by atoms with Gasteiger partial charge >= 0.3 is 0 Å². The maximum Gasteiger partial charge on any atom is 0.300 e. The van der Waals surface area contributed by atoms with E-state index in [1.807, 2.05) is 24.3 Å². The van der Waals surface area contributed by atoms with E-state index in [4.69, 9.17) is 0 Å². The molecule has 31 heavy (non-hydrogen) atoms. The zero-order valence-electron chi connectivity index (χ0n) is 17.1. The lowest BCUT2D eigenvalue weighted by atomic mass is 9.98. The van der Waals surface area contributed by atoms with Gasteiger partial charge in [-0.3, -0.25) is 19.5 Å². The highest BCUT2D eigenvalue weighted by atomic mass is 79.9. The lowest BCUT2D eigenvalue weighted by Gasteiger charge is -2.25. The molecule has 1 N–H and O–H groups in total. The quantitative estimate of drug-likeness (QED) is 0.302. The van der Waals surface area contributed by atoms with Crippen LogP contribution in [0.15, 0.2) is 83.0 Å². The molecule has 1 unspecified atom stereocenters. The highest BCUT2D eigenvalue weighted by molar-refractivity contribution is 9.10. The van der Waals surface area contributed by atoms with Crippen LogP contribution in [0.4, 0.5) is 5.69 Å². The van der Waals surface area contributed by atoms with Crippen LogP contribution in [0.1, 0.15) is 42.6 Å². The van der Waals surface area contributed by atoms with Crippen LogP contribution in [0.5, 0.6) is 0 Å². The third-order valence-corrected chi connectivity index (χ3v) is 5.90. The van der Waals surface area contributed by atoms with Crippen molar-refractivity contribution in [2.24, 2.45) is 0 Å². The van der Waals surface area contributed by atoms with Crippen molar-refractivity contribution in [3.8, 4) is 0 Å². The summed E-state index contributed by atoms with van der Waals surface area (Å²) in [4.78, 5) is 32.0. The lowest BCUT2D eigenvalue weighted by Crippen LogP contribution is -2.29. The predicted octanol–water partition coefficient (Wildman–Crippen LogP) is 5.59. The van der Waals surface area contributed by atoms with Crippen molar-refractivity contribution in [2.75, 3.05) is 4.90 Å². The number of anilines is 1. The van der Waals surface area contributed by atoms with Gasteiger partial charge in [0.2, 0.25) is 0 Å². The number of Topliss-reactive ketones (excluding diaryl/α,β-unsaturated/α-hetero) is 1. The number of rotatable bonds is 4. The van der Waals surface area contributed by atoms with Crippen molar-refractivity contribution < 1.29 is 14.7 Å². The summed E-state index contributed by atoms with van der Waals surface area (Å²) in [5, 5.41) is 11.0. The molecule has 1 fully saturated rings. The molecule has 5 nitrogen and oxygen atoms in total. The van der Waals surface area contributed by atoms with E-state index in [2.05, 4.69) is 34.8 Å². The zero-order chi connectivity index (χ0) is 22.1. The van der Waals surface area contributed by atoms with Crippen LogP contribution in [0, 0.1) is 0 Å². The Morgan fingerprint density at radius 2 is 1.68 bits per heavy atom. The monoisotopic (exact) mass is 476 g/mol. The summed E-state index contributed by atoms with van der Waals surface area (Å²) in [6, 6.07) is 19.0. The summed E-state index contributed by atoms with van der Waals surface area (Å²) >= 11 is 3.37. The number of carbonyl (C=O) groups excluding carboxylic acids is 2. The van der Waals surface area contributed by atoms with Gasteiger partial charge in [-0.2, -0.15) is 0 Å². The van der Waals surface area contributed by atoms with Gasteiger partial charge in [-0.15, -0.1) is 0 Å². The van der Waals surface area contributed by atoms with Crippen molar-refractivity contribution in [2.45, 2.75) is 25.8 Å². The van der Waals surface area contributed by atoms with E-state index in [1.165, 1.54) is 4.90 Å². The highest BCUT2D eigenvalue weighted by Gasteiger charge is 2.47. The molecule has 1 aliphatic heterocycles. The van der Waals surface area contributed by atoms with E-state index < -0.39 is 17.7 Å². The number of aliphatic hydroxyl groups excluding tert-OH is 1. The number of hydrogen-bond acceptors (Lipinski definition) is 4. The van der Waals surface area contributed by atoms with E-state index in [0.717, 1.165) is 10.0 Å². The Hall–Kier alpha value is -3.25. The van der Waals surface area contributed by atoms with Gasteiger partial charge in [0, 0.05) is 21.9 Å². The smallest absolute Gasteiger partial charge is 0.300 e. The van der Waals surface area contributed by atoms with E-state index in [1.54, 1.807) is 48.7 Å². The second-order valence-electron chi connectivity index (χ2n) is 7.68. The summed E-state index contributed by atoms with van der Waals surface area (Å²) in [5.74, 6) is -1.30. The maximum absolute atomic E-state index is 13.1. The molecule has 4 rings (SSSR count). The topological polar surface area (TPSA) is 70.5 Å². The molecule has 1 saturated heterocycles. The first kappa shape index (κ1) is 21.0. The Kier molecular flexibility index (Phi) is 5.74. The number of amides is 1. The number of nitrogens with zero attached hydrogens (tertiary/aromatic N) is 2. The Morgan fingerprint density at radius 1 is 1.00 bits per heavy atom. The van der Waals surface area contributed by atoms with Crippen LogP contribution in [0.3, 0.4) is 0 Å². The maximum atomic E-state index is 13.1. The van der Waals surface area contributed by atoms with Gasteiger partial charge in [-0.1, -0.05) is 60.1 Å². The Morgan fingerprint density at radius 3 is 2.26 bits per heavy atom. The fourth-order valence-corrected chi connectivity index (χ4v) is 3.96. The molecule has 2 heterocycles. The van der Waals surface area contributed by atoms with Crippen molar-refractivity contribution in [3.63, 3.8) is 0 Å². The number of benzene rings is 2. The standard InChI is InChI=1S/C25H21BrN2O3/c1-15(2)16-8-12-19(13-9-16)28-22(20-5-3-4-14-27-20)21(24(30)25(28)31)23(29)17-6-10-18(26)11-7-17/h3-15,22,29H,1-2H3/b23-21-. The molecule has 3 aromatic rings.